The molecule has 1 aromatic carbocycles. The predicted molar refractivity (Wildman–Crippen MR) is 76.8 cm³/mol. The molecular weight excluding hydrogens is 294 g/mol. The SMILES string of the molecule is CC(O)c1ccc(N2CCC(C)C2CO)cc1Br. The summed E-state index contributed by atoms with van der Waals surface area (Å²) in [5, 5.41) is 19.1. The standard InChI is InChI=1S/C14H20BrNO2/c1-9-5-6-16(14(9)8-17)11-3-4-12(10(2)18)13(15)7-11/h3-4,7,9-10,14,17-18H,5-6,8H2,1-2H3. The number of halogens is 1. The van der Waals surface area contributed by atoms with E-state index in [-0.39, 0.29) is 12.6 Å². The minimum atomic E-state index is -0.473. The molecule has 2 N–H and O–H groups in total. The maximum absolute atomic E-state index is 9.62. The molecule has 3 atom stereocenters. The summed E-state index contributed by atoms with van der Waals surface area (Å²) in [6.07, 6.45) is 0.639. The topological polar surface area (TPSA) is 43.7 Å². The number of hydrogen-bond donors (Lipinski definition) is 2. The van der Waals surface area contributed by atoms with Crippen LogP contribution in [-0.4, -0.2) is 29.4 Å². The summed E-state index contributed by atoms with van der Waals surface area (Å²) in [6, 6.07) is 6.20. The summed E-state index contributed by atoms with van der Waals surface area (Å²) < 4.78 is 0.922. The van der Waals surface area contributed by atoms with Crippen LogP contribution in [0.3, 0.4) is 0 Å². The number of hydrogen-bond acceptors (Lipinski definition) is 3. The first-order valence-electron chi connectivity index (χ1n) is 6.39. The molecule has 1 heterocycles. The monoisotopic (exact) mass is 313 g/mol. The number of anilines is 1. The number of aliphatic hydroxyl groups is 2. The minimum absolute atomic E-state index is 0.191. The molecule has 0 aliphatic carbocycles. The highest BCUT2D eigenvalue weighted by Crippen LogP contribution is 2.33. The number of rotatable bonds is 3. The Hall–Kier alpha value is -0.580. The Balaban J connectivity index is 2.27. The van der Waals surface area contributed by atoms with Gasteiger partial charge in [-0.3, -0.25) is 0 Å². The van der Waals surface area contributed by atoms with Crippen LogP contribution in [0, 0.1) is 5.92 Å². The molecule has 0 spiro atoms. The van der Waals surface area contributed by atoms with Crippen molar-refractivity contribution in [3.63, 3.8) is 0 Å². The van der Waals surface area contributed by atoms with Crippen LogP contribution in [0.4, 0.5) is 5.69 Å². The van der Waals surface area contributed by atoms with E-state index < -0.39 is 6.10 Å². The number of benzene rings is 1. The second kappa shape index (κ2) is 5.59. The van der Waals surface area contributed by atoms with E-state index in [4.69, 9.17) is 0 Å². The van der Waals surface area contributed by atoms with Gasteiger partial charge >= 0.3 is 0 Å². The fourth-order valence-corrected chi connectivity index (χ4v) is 3.34. The van der Waals surface area contributed by atoms with Crippen LogP contribution >= 0.6 is 15.9 Å². The lowest BCUT2D eigenvalue weighted by molar-refractivity contribution is 0.198. The van der Waals surface area contributed by atoms with Gasteiger partial charge in [0.1, 0.15) is 0 Å². The lowest BCUT2D eigenvalue weighted by Crippen LogP contribution is -2.35. The second-order valence-electron chi connectivity index (χ2n) is 5.09. The van der Waals surface area contributed by atoms with Crippen LogP contribution < -0.4 is 4.90 Å². The van der Waals surface area contributed by atoms with Crippen molar-refractivity contribution in [1.82, 2.24) is 0 Å². The molecular formula is C14H20BrNO2. The molecule has 0 saturated carbocycles. The van der Waals surface area contributed by atoms with E-state index in [1.54, 1.807) is 6.92 Å². The maximum atomic E-state index is 9.62. The number of aliphatic hydroxyl groups excluding tert-OH is 2. The van der Waals surface area contributed by atoms with Crippen LogP contribution in [0.25, 0.3) is 0 Å². The first-order chi connectivity index (χ1) is 8.54. The molecule has 1 aliphatic rings. The Labute approximate surface area is 117 Å². The smallest absolute Gasteiger partial charge is 0.0772 e. The van der Waals surface area contributed by atoms with E-state index in [2.05, 4.69) is 27.8 Å². The predicted octanol–water partition coefficient (Wildman–Crippen LogP) is 2.71. The lowest BCUT2D eigenvalue weighted by atomic mass is 10.0. The van der Waals surface area contributed by atoms with Gasteiger partial charge in [0.15, 0.2) is 0 Å². The summed E-state index contributed by atoms with van der Waals surface area (Å²) >= 11 is 3.50. The van der Waals surface area contributed by atoms with E-state index in [1.807, 2.05) is 18.2 Å². The van der Waals surface area contributed by atoms with Gasteiger partial charge in [0.05, 0.1) is 18.8 Å². The van der Waals surface area contributed by atoms with Crippen molar-refractivity contribution in [3.05, 3.63) is 28.2 Å². The van der Waals surface area contributed by atoms with Crippen molar-refractivity contribution in [2.45, 2.75) is 32.4 Å². The quantitative estimate of drug-likeness (QED) is 0.901. The van der Waals surface area contributed by atoms with Crippen molar-refractivity contribution in [2.75, 3.05) is 18.1 Å². The zero-order chi connectivity index (χ0) is 13.3. The van der Waals surface area contributed by atoms with Crippen molar-refractivity contribution >= 4 is 21.6 Å². The van der Waals surface area contributed by atoms with Gasteiger partial charge in [-0.25, -0.2) is 0 Å². The van der Waals surface area contributed by atoms with Crippen molar-refractivity contribution < 1.29 is 10.2 Å². The Morgan fingerprint density at radius 1 is 1.50 bits per heavy atom. The van der Waals surface area contributed by atoms with Crippen LogP contribution in [-0.2, 0) is 0 Å². The van der Waals surface area contributed by atoms with Gasteiger partial charge in [0, 0.05) is 16.7 Å². The van der Waals surface area contributed by atoms with Crippen LogP contribution in [0.1, 0.15) is 31.9 Å². The van der Waals surface area contributed by atoms with Gasteiger partial charge in [-0.2, -0.15) is 0 Å². The normalized spacial score (nSPS) is 25.5. The highest BCUT2D eigenvalue weighted by Gasteiger charge is 2.30. The minimum Gasteiger partial charge on any atom is -0.394 e. The van der Waals surface area contributed by atoms with Crippen LogP contribution in [0.15, 0.2) is 22.7 Å². The van der Waals surface area contributed by atoms with Crippen molar-refractivity contribution in [1.29, 1.82) is 0 Å². The summed E-state index contributed by atoms with van der Waals surface area (Å²) in [6.45, 7) is 5.11. The van der Waals surface area contributed by atoms with Gasteiger partial charge in [-0.05, 0) is 37.0 Å². The molecule has 0 bridgehead atoms. The molecule has 0 radical (unpaired) electrons. The van der Waals surface area contributed by atoms with E-state index in [0.29, 0.717) is 5.92 Å². The van der Waals surface area contributed by atoms with Crippen molar-refractivity contribution in [3.8, 4) is 0 Å². The summed E-state index contributed by atoms with van der Waals surface area (Å²) in [5.41, 5.74) is 2.00. The first kappa shape index (κ1) is 13.8. The fourth-order valence-electron chi connectivity index (χ4n) is 2.64. The maximum Gasteiger partial charge on any atom is 0.0772 e. The Kier molecular flexibility index (Phi) is 4.30. The Morgan fingerprint density at radius 3 is 2.78 bits per heavy atom. The molecule has 1 aromatic rings. The number of nitrogens with zero attached hydrogens (tertiary/aromatic N) is 1. The molecule has 3 nitrogen and oxygen atoms in total. The molecule has 1 fully saturated rings. The summed E-state index contributed by atoms with van der Waals surface area (Å²) in [7, 11) is 0. The Bertz CT molecular complexity index is 422. The third kappa shape index (κ3) is 2.56. The molecule has 100 valence electrons. The zero-order valence-electron chi connectivity index (χ0n) is 10.8. The van der Waals surface area contributed by atoms with E-state index >= 15 is 0 Å². The van der Waals surface area contributed by atoms with Gasteiger partial charge in [0.2, 0.25) is 0 Å². The van der Waals surface area contributed by atoms with Crippen molar-refractivity contribution in [2.24, 2.45) is 5.92 Å². The first-order valence-corrected chi connectivity index (χ1v) is 7.19. The van der Waals surface area contributed by atoms with Crippen LogP contribution in [0.5, 0.6) is 0 Å². The fraction of sp³-hybridized carbons (Fsp3) is 0.571. The third-order valence-electron chi connectivity index (χ3n) is 3.84. The molecule has 4 heteroatoms. The molecule has 0 amide bonds. The van der Waals surface area contributed by atoms with Gasteiger partial charge < -0.3 is 15.1 Å². The average Bonchev–Trinajstić information content (AvgIpc) is 2.69. The molecule has 1 aliphatic heterocycles. The molecule has 0 aromatic heterocycles. The van der Waals surface area contributed by atoms with Gasteiger partial charge in [-0.15, -0.1) is 0 Å². The highest BCUT2D eigenvalue weighted by atomic mass is 79.9. The third-order valence-corrected chi connectivity index (χ3v) is 4.52. The largest absolute Gasteiger partial charge is 0.394 e. The molecule has 18 heavy (non-hydrogen) atoms. The average molecular weight is 314 g/mol. The van der Waals surface area contributed by atoms with E-state index in [1.165, 1.54) is 0 Å². The molecule has 2 rings (SSSR count). The highest BCUT2D eigenvalue weighted by molar-refractivity contribution is 9.10. The molecule has 3 unspecified atom stereocenters. The molecule has 1 saturated heterocycles. The van der Waals surface area contributed by atoms with Crippen LogP contribution in [0.2, 0.25) is 0 Å². The van der Waals surface area contributed by atoms with E-state index in [0.717, 1.165) is 28.7 Å². The van der Waals surface area contributed by atoms with Gasteiger partial charge in [-0.1, -0.05) is 28.9 Å². The summed E-state index contributed by atoms with van der Waals surface area (Å²) in [5.74, 6) is 0.519. The summed E-state index contributed by atoms with van der Waals surface area (Å²) in [4.78, 5) is 2.25. The van der Waals surface area contributed by atoms with E-state index in [9.17, 15) is 10.2 Å². The Morgan fingerprint density at radius 2 is 2.22 bits per heavy atom. The zero-order valence-corrected chi connectivity index (χ0v) is 12.4. The second-order valence-corrected chi connectivity index (χ2v) is 5.95. The lowest BCUT2D eigenvalue weighted by Gasteiger charge is -2.28. The van der Waals surface area contributed by atoms with Gasteiger partial charge in [0.25, 0.3) is 0 Å².